The van der Waals surface area contributed by atoms with Crippen molar-refractivity contribution in [3.63, 3.8) is 0 Å². The van der Waals surface area contributed by atoms with Gasteiger partial charge in [0.25, 0.3) is 0 Å². The molecule has 2 aromatic rings. The van der Waals surface area contributed by atoms with Crippen molar-refractivity contribution in [2.45, 2.75) is 13.8 Å². The van der Waals surface area contributed by atoms with Crippen LogP contribution in [0.2, 0.25) is 0 Å². The average molecular weight is 335 g/mol. The Kier molecular flexibility index (Phi) is 4.68. The summed E-state index contributed by atoms with van der Waals surface area (Å²) in [5.74, 6) is 1.35. The molecule has 1 aromatic carbocycles. The Balaban J connectivity index is 2.13. The Hall–Kier alpha value is -1.95. The van der Waals surface area contributed by atoms with Crippen molar-refractivity contribution >= 4 is 39.0 Å². The number of halogens is 1. The van der Waals surface area contributed by atoms with Gasteiger partial charge in [0.15, 0.2) is 0 Å². The lowest BCUT2D eigenvalue weighted by molar-refractivity contribution is -0.115. The highest BCUT2D eigenvalue weighted by atomic mass is 79.9. The van der Waals surface area contributed by atoms with E-state index in [1.54, 1.807) is 6.07 Å². The second-order valence-corrected chi connectivity index (χ2v) is 5.34. The molecule has 0 aliphatic carbocycles. The Bertz CT molecular complexity index is 630. The van der Waals surface area contributed by atoms with E-state index in [-0.39, 0.29) is 12.3 Å². The van der Waals surface area contributed by atoms with Gasteiger partial charge in [0.05, 0.1) is 6.54 Å². The molecule has 0 fully saturated rings. The maximum absolute atomic E-state index is 10.9. The van der Waals surface area contributed by atoms with E-state index >= 15 is 0 Å². The van der Waals surface area contributed by atoms with Gasteiger partial charge in [-0.1, -0.05) is 15.9 Å². The highest BCUT2D eigenvalue weighted by Gasteiger charge is 2.03. The molecule has 104 valence electrons. The van der Waals surface area contributed by atoms with Crippen LogP contribution in [0.4, 0.5) is 17.3 Å². The van der Waals surface area contributed by atoms with Gasteiger partial charge in [-0.25, -0.2) is 9.97 Å². The smallest absolute Gasteiger partial charge is 0.148 e. The van der Waals surface area contributed by atoms with Gasteiger partial charge in [-0.3, -0.25) is 4.79 Å². The normalized spacial score (nSPS) is 10.2. The monoisotopic (exact) mass is 334 g/mol. The van der Waals surface area contributed by atoms with Crippen molar-refractivity contribution in [1.29, 1.82) is 0 Å². The first-order valence-corrected chi connectivity index (χ1v) is 6.92. The number of anilines is 3. The number of aryl methyl sites for hydroxylation is 1. The Labute approximate surface area is 126 Å². The van der Waals surface area contributed by atoms with Crippen molar-refractivity contribution in [2.75, 3.05) is 17.2 Å². The average Bonchev–Trinajstić information content (AvgIpc) is 2.40. The molecule has 0 saturated carbocycles. The van der Waals surface area contributed by atoms with E-state index in [9.17, 15) is 4.79 Å². The lowest BCUT2D eigenvalue weighted by Gasteiger charge is -2.10. The standard InChI is InChI=1S/C14H15BrN4O/c1-9-5-11(15)3-4-12(9)19-14-6-13(17-8-18-14)16-7-10(2)20/h3-6,8H,7H2,1-2H3,(H2,16,17,18,19). The summed E-state index contributed by atoms with van der Waals surface area (Å²) in [6, 6.07) is 7.73. The minimum Gasteiger partial charge on any atom is -0.363 e. The Morgan fingerprint density at radius 3 is 2.70 bits per heavy atom. The number of hydrogen-bond acceptors (Lipinski definition) is 5. The maximum atomic E-state index is 10.9. The largest absolute Gasteiger partial charge is 0.363 e. The van der Waals surface area contributed by atoms with Crippen LogP contribution in [0, 0.1) is 6.92 Å². The number of Topliss-reactive ketones (excluding diaryl/α,β-unsaturated/α-hetero) is 1. The first kappa shape index (κ1) is 14.5. The molecule has 0 bridgehead atoms. The molecule has 20 heavy (non-hydrogen) atoms. The molecule has 0 spiro atoms. The predicted octanol–water partition coefficient (Wildman–Crippen LogP) is 3.29. The van der Waals surface area contributed by atoms with Gasteiger partial charge in [0, 0.05) is 16.2 Å². The highest BCUT2D eigenvalue weighted by molar-refractivity contribution is 9.10. The van der Waals surface area contributed by atoms with Crippen LogP contribution in [-0.2, 0) is 4.79 Å². The lowest BCUT2D eigenvalue weighted by Crippen LogP contribution is -2.11. The SMILES string of the molecule is CC(=O)CNc1cc(Nc2ccc(Br)cc2C)ncn1. The van der Waals surface area contributed by atoms with Crippen LogP contribution >= 0.6 is 15.9 Å². The minimum absolute atomic E-state index is 0.0573. The Morgan fingerprint density at radius 2 is 2.00 bits per heavy atom. The number of rotatable bonds is 5. The number of aromatic nitrogens is 2. The fraction of sp³-hybridized carbons (Fsp3) is 0.214. The van der Waals surface area contributed by atoms with Crippen LogP contribution in [0.25, 0.3) is 0 Å². The highest BCUT2D eigenvalue weighted by Crippen LogP contribution is 2.23. The molecule has 5 nitrogen and oxygen atoms in total. The number of ketones is 1. The Morgan fingerprint density at radius 1 is 1.25 bits per heavy atom. The molecule has 0 atom stereocenters. The van der Waals surface area contributed by atoms with Gasteiger partial charge < -0.3 is 10.6 Å². The summed E-state index contributed by atoms with van der Waals surface area (Å²) in [5, 5.41) is 6.18. The number of benzene rings is 1. The molecule has 0 saturated heterocycles. The molecule has 6 heteroatoms. The molecular weight excluding hydrogens is 320 g/mol. The molecule has 0 aliphatic rings. The molecule has 0 aliphatic heterocycles. The lowest BCUT2D eigenvalue weighted by atomic mass is 10.2. The third-order valence-electron chi connectivity index (χ3n) is 2.64. The van der Waals surface area contributed by atoms with Crippen molar-refractivity contribution in [2.24, 2.45) is 0 Å². The second-order valence-electron chi connectivity index (χ2n) is 4.43. The molecule has 1 heterocycles. The molecular formula is C14H15BrN4O. The van der Waals surface area contributed by atoms with Crippen LogP contribution < -0.4 is 10.6 Å². The van der Waals surface area contributed by atoms with E-state index in [2.05, 4.69) is 36.5 Å². The topological polar surface area (TPSA) is 66.9 Å². The molecule has 2 rings (SSSR count). The molecule has 0 amide bonds. The van der Waals surface area contributed by atoms with Crippen LogP contribution in [-0.4, -0.2) is 22.3 Å². The van der Waals surface area contributed by atoms with E-state index in [1.165, 1.54) is 13.3 Å². The van der Waals surface area contributed by atoms with E-state index < -0.39 is 0 Å². The fourth-order valence-corrected chi connectivity index (χ4v) is 2.12. The van der Waals surface area contributed by atoms with Gasteiger partial charge in [0.2, 0.25) is 0 Å². The summed E-state index contributed by atoms with van der Waals surface area (Å²) in [5.41, 5.74) is 2.08. The van der Waals surface area contributed by atoms with Crippen LogP contribution in [0.5, 0.6) is 0 Å². The van der Waals surface area contributed by atoms with E-state index in [1.807, 2.05) is 25.1 Å². The number of carbonyl (C=O) groups excluding carboxylic acids is 1. The number of hydrogen-bond donors (Lipinski definition) is 2. The van der Waals surface area contributed by atoms with Crippen LogP contribution in [0.3, 0.4) is 0 Å². The van der Waals surface area contributed by atoms with Gasteiger partial charge in [-0.15, -0.1) is 0 Å². The summed E-state index contributed by atoms with van der Waals surface area (Å²) in [6.45, 7) is 3.80. The third-order valence-corrected chi connectivity index (χ3v) is 3.13. The second kappa shape index (κ2) is 6.47. The molecule has 1 aromatic heterocycles. The molecule has 0 radical (unpaired) electrons. The first-order valence-electron chi connectivity index (χ1n) is 6.13. The van der Waals surface area contributed by atoms with Gasteiger partial charge in [-0.05, 0) is 37.6 Å². The van der Waals surface area contributed by atoms with Crippen molar-refractivity contribution in [1.82, 2.24) is 9.97 Å². The molecule has 2 N–H and O–H groups in total. The van der Waals surface area contributed by atoms with E-state index in [4.69, 9.17) is 0 Å². The van der Waals surface area contributed by atoms with Gasteiger partial charge in [-0.2, -0.15) is 0 Å². The van der Waals surface area contributed by atoms with Crippen molar-refractivity contribution in [3.05, 3.63) is 40.6 Å². The summed E-state index contributed by atoms with van der Waals surface area (Å²) >= 11 is 3.43. The van der Waals surface area contributed by atoms with Crippen LogP contribution in [0.1, 0.15) is 12.5 Å². The zero-order valence-corrected chi connectivity index (χ0v) is 12.9. The zero-order chi connectivity index (χ0) is 14.5. The van der Waals surface area contributed by atoms with E-state index in [0.717, 1.165) is 15.7 Å². The fourth-order valence-electron chi connectivity index (χ4n) is 1.64. The number of nitrogens with zero attached hydrogens (tertiary/aromatic N) is 2. The predicted molar refractivity (Wildman–Crippen MR) is 83.4 cm³/mol. The quantitative estimate of drug-likeness (QED) is 0.878. The molecule has 0 unspecified atom stereocenters. The van der Waals surface area contributed by atoms with Gasteiger partial charge in [0.1, 0.15) is 23.7 Å². The number of carbonyl (C=O) groups is 1. The van der Waals surface area contributed by atoms with Crippen LogP contribution in [0.15, 0.2) is 35.1 Å². The van der Waals surface area contributed by atoms with E-state index in [0.29, 0.717) is 11.6 Å². The summed E-state index contributed by atoms with van der Waals surface area (Å²) in [7, 11) is 0. The number of nitrogens with one attached hydrogen (secondary N) is 2. The first-order chi connectivity index (χ1) is 9.54. The van der Waals surface area contributed by atoms with Crippen molar-refractivity contribution < 1.29 is 4.79 Å². The summed E-state index contributed by atoms with van der Waals surface area (Å²) < 4.78 is 1.03. The minimum atomic E-state index is 0.0573. The van der Waals surface area contributed by atoms with Crippen molar-refractivity contribution in [3.8, 4) is 0 Å². The summed E-state index contributed by atoms with van der Waals surface area (Å²) in [4.78, 5) is 19.2. The zero-order valence-electron chi connectivity index (χ0n) is 11.3. The summed E-state index contributed by atoms with van der Waals surface area (Å²) in [6.07, 6.45) is 1.46. The maximum Gasteiger partial charge on any atom is 0.148 e. The third kappa shape index (κ3) is 4.03. The van der Waals surface area contributed by atoms with Gasteiger partial charge >= 0.3 is 0 Å².